The van der Waals surface area contributed by atoms with E-state index >= 15 is 0 Å². The predicted octanol–water partition coefficient (Wildman–Crippen LogP) is 2.12. The molecule has 0 fully saturated rings. The van der Waals surface area contributed by atoms with Gasteiger partial charge in [0.15, 0.2) is 0 Å². The normalized spacial score (nSPS) is 14.3. The molecule has 0 aliphatic carbocycles. The highest BCUT2D eigenvalue weighted by Crippen LogP contribution is 2.15. The van der Waals surface area contributed by atoms with Crippen molar-refractivity contribution in [3.8, 4) is 0 Å². The zero-order valence-corrected chi connectivity index (χ0v) is 11.2. The zero-order valence-electron chi connectivity index (χ0n) is 10.4. The van der Waals surface area contributed by atoms with Crippen molar-refractivity contribution in [3.63, 3.8) is 0 Å². The molecule has 0 atom stereocenters. The van der Waals surface area contributed by atoms with Gasteiger partial charge in [-0.05, 0) is 17.7 Å². The quantitative estimate of drug-likeness (QED) is 0.842. The second-order valence-corrected chi connectivity index (χ2v) is 5.10. The number of carbonyl (C=O) groups is 1. The third-order valence-electron chi connectivity index (χ3n) is 3.34. The highest BCUT2D eigenvalue weighted by Gasteiger charge is 2.21. The summed E-state index contributed by atoms with van der Waals surface area (Å²) in [5.41, 5.74) is 0.950. The van der Waals surface area contributed by atoms with Crippen LogP contribution < -0.4 is 0 Å². The number of carbonyl (C=O) groups excluding carboxylic acids is 1. The fourth-order valence-electron chi connectivity index (χ4n) is 2.32. The van der Waals surface area contributed by atoms with Crippen molar-refractivity contribution in [2.24, 2.45) is 0 Å². The van der Waals surface area contributed by atoms with Crippen LogP contribution in [-0.2, 0) is 24.3 Å². The van der Waals surface area contributed by atoms with Crippen LogP contribution in [0.4, 0.5) is 0 Å². The van der Waals surface area contributed by atoms with E-state index < -0.39 is 0 Å². The van der Waals surface area contributed by atoms with Crippen LogP contribution in [0.25, 0.3) is 0 Å². The Morgan fingerprint density at radius 3 is 3.11 bits per heavy atom. The Kier molecular flexibility index (Phi) is 3.25. The fraction of sp³-hybridized carbons (Fsp3) is 0.286. The van der Waals surface area contributed by atoms with E-state index in [0.29, 0.717) is 18.0 Å². The number of nitrogens with zero attached hydrogens (tertiary/aromatic N) is 3. The van der Waals surface area contributed by atoms with Gasteiger partial charge in [-0.2, -0.15) is 0 Å². The first-order valence-corrected chi connectivity index (χ1v) is 6.62. The van der Waals surface area contributed by atoms with Crippen molar-refractivity contribution in [3.05, 3.63) is 53.1 Å². The summed E-state index contributed by atoms with van der Waals surface area (Å²) in [4.78, 5) is 18.4. The lowest BCUT2D eigenvalue weighted by Gasteiger charge is -2.27. The summed E-state index contributed by atoms with van der Waals surface area (Å²) in [6.45, 7) is 2.14. The SMILES string of the molecule is O=C(Cc1cccc(Cl)c1)N1CCn2ccnc2C1. The fourth-order valence-corrected chi connectivity index (χ4v) is 2.53. The predicted molar refractivity (Wildman–Crippen MR) is 72.8 cm³/mol. The van der Waals surface area contributed by atoms with Gasteiger partial charge in [0.1, 0.15) is 5.82 Å². The molecule has 0 spiro atoms. The van der Waals surface area contributed by atoms with Gasteiger partial charge in [-0.25, -0.2) is 4.98 Å². The van der Waals surface area contributed by atoms with E-state index in [-0.39, 0.29) is 5.91 Å². The highest BCUT2D eigenvalue weighted by molar-refractivity contribution is 6.30. The summed E-state index contributed by atoms with van der Waals surface area (Å²) in [5.74, 6) is 1.07. The van der Waals surface area contributed by atoms with Crippen LogP contribution in [0, 0.1) is 0 Å². The molecule has 4 nitrogen and oxygen atoms in total. The van der Waals surface area contributed by atoms with Crippen LogP contribution in [0.15, 0.2) is 36.7 Å². The minimum absolute atomic E-state index is 0.122. The maximum Gasteiger partial charge on any atom is 0.227 e. The standard InChI is InChI=1S/C14H14ClN3O/c15-12-3-1-2-11(8-12)9-14(19)18-7-6-17-5-4-16-13(17)10-18/h1-5,8H,6-7,9-10H2. The summed E-state index contributed by atoms with van der Waals surface area (Å²) in [6.07, 6.45) is 4.12. The maximum absolute atomic E-state index is 12.3. The van der Waals surface area contributed by atoms with Gasteiger partial charge in [0.25, 0.3) is 0 Å². The molecule has 2 heterocycles. The van der Waals surface area contributed by atoms with Crippen molar-refractivity contribution in [2.45, 2.75) is 19.5 Å². The molecule has 0 radical (unpaired) electrons. The summed E-state index contributed by atoms with van der Waals surface area (Å²) in [7, 11) is 0. The molecule has 5 heteroatoms. The van der Waals surface area contributed by atoms with E-state index in [9.17, 15) is 4.79 Å². The van der Waals surface area contributed by atoms with Gasteiger partial charge in [0, 0.05) is 30.5 Å². The minimum Gasteiger partial charge on any atom is -0.333 e. The number of benzene rings is 1. The molecule has 0 N–H and O–H groups in total. The molecule has 98 valence electrons. The number of imidazole rings is 1. The number of hydrogen-bond acceptors (Lipinski definition) is 2. The molecule has 2 aromatic rings. The molecule has 0 saturated heterocycles. The summed E-state index contributed by atoms with van der Waals surface area (Å²) >= 11 is 5.93. The summed E-state index contributed by atoms with van der Waals surface area (Å²) < 4.78 is 2.09. The molecular formula is C14H14ClN3O. The maximum atomic E-state index is 12.3. The topological polar surface area (TPSA) is 38.1 Å². The summed E-state index contributed by atoms with van der Waals surface area (Å²) in [6, 6.07) is 7.44. The lowest BCUT2D eigenvalue weighted by Crippen LogP contribution is -2.39. The van der Waals surface area contributed by atoms with Crippen LogP contribution in [0.3, 0.4) is 0 Å². The Balaban J connectivity index is 1.69. The molecule has 19 heavy (non-hydrogen) atoms. The number of hydrogen-bond donors (Lipinski definition) is 0. The van der Waals surface area contributed by atoms with Crippen molar-refractivity contribution in [1.82, 2.24) is 14.5 Å². The van der Waals surface area contributed by atoms with Gasteiger partial charge < -0.3 is 9.47 Å². The number of halogens is 1. The van der Waals surface area contributed by atoms with Gasteiger partial charge in [-0.15, -0.1) is 0 Å². The number of aromatic nitrogens is 2. The molecular weight excluding hydrogens is 262 g/mol. The van der Waals surface area contributed by atoms with Gasteiger partial charge in [-0.1, -0.05) is 23.7 Å². The van der Waals surface area contributed by atoms with Gasteiger partial charge in [-0.3, -0.25) is 4.79 Å². The van der Waals surface area contributed by atoms with Crippen molar-refractivity contribution in [1.29, 1.82) is 0 Å². The first kappa shape index (κ1) is 12.2. The van der Waals surface area contributed by atoms with E-state index in [1.54, 1.807) is 6.20 Å². The Labute approximate surface area is 116 Å². The van der Waals surface area contributed by atoms with Gasteiger partial charge in [0.05, 0.1) is 13.0 Å². The van der Waals surface area contributed by atoms with Crippen molar-refractivity contribution < 1.29 is 4.79 Å². The van der Waals surface area contributed by atoms with Crippen LogP contribution in [-0.4, -0.2) is 26.9 Å². The number of amides is 1. The Hall–Kier alpha value is -1.81. The molecule has 0 bridgehead atoms. The van der Waals surface area contributed by atoms with Crippen LogP contribution in [0.2, 0.25) is 5.02 Å². The van der Waals surface area contributed by atoms with Gasteiger partial charge in [0.2, 0.25) is 5.91 Å². The van der Waals surface area contributed by atoms with Crippen LogP contribution in [0.1, 0.15) is 11.4 Å². The second-order valence-electron chi connectivity index (χ2n) is 4.66. The first-order chi connectivity index (χ1) is 9.22. The molecule has 1 aliphatic heterocycles. The van der Waals surface area contributed by atoms with Crippen molar-refractivity contribution >= 4 is 17.5 Å². The van der Waals surface area contributed by atoms with Crippen LogP contribution in [0.5, 0.6) is 0 Å². The van der Waals surface area contributed by atoms with Crippen LogP contribution >= 0.6 is 11.6 Å². The molecule has 0 unspecified atom stereocenters. The first-order valence-electron chi connectivity index (χ1n) is 6.24. The molecule has 1 amide bonds. The molecule has 1 aromatic heterocycles. The van der Waals surface area contributed by atoms with E-state index in [4.69, 9.17) is 11.6 Å². The largest absolute Gasteiger partial charge is 0.333 e. The van der Waals surface area contributed by atoms with E-state index in [1.165, 1.54) is 0 Å². The number of fused-ring (bicyclic) bond motifs is 1. The Morgan fingerprint density at radius 2 is 2.26 bits per heavy atom. The third-order valence-corrected chi connectivity index (χ3v) is 3.58. The molecule has 3 rings (SSSR count). The average molecular weight is 276 g/mol. The smallest absolute Gasteiger partial charge is 0.227 e. The third kappa shape index (κ3) is 2.63. The van der Waals surface area contributed by atoms with Crippen molar-refractivity contribution in [2.75, 3.05) is 6.54 Å². The van der Waals surface area contributed by atoms with E-state index in [0.717, 1.165) is 24.5 Å². The molecule has 0 saturated carbocycles. The lowest BCUT2D eigenvalue weighted by molar-refractivity contribution is -0.132. The lowest BCUT2D eigenvalue weighted by atomic mass is 10.1. The highest BCUT2D eigenvalue weighted by atomic mass is 35.5. The second kappa shape index (κ2) is 5.05. The van der Waals surface area contributed by atoms with Gasteiger partial charge >= 0.3 is 0 Å². The number of rotatable bonds is 2. The zero-order chi connectivity index (χ0) is 13.2. The Morgan fingerprint density at radius 1 is 1.37 bits per heavy atom. The monoisotopic (exact) mass is 275 g/mol. The van der Waals surface area contributed by atoms with E-state index in [2.05, 4.69) is 9.55 Å². The van der Waals surface area contributed by atoms with E-state index in [1.807, 2.05) is 35.4 Å². The molecule has 1 aromatic carbocycles. The summed E-state index contributed by atoms with van der Waals surface area (Å²) in [5, 5.41) is 0.666. The molecule has 1 aliphatic rings. The minimum atomic E-state index is 0.122. The Bertz CT molecular complexity index is 608. The average Bonchev–Trinajstić information content (AvgIpc) is 2.85.